The molecule has 5 aromatic rings. The van der Waals surface area contributed by atoms with Gasteiger partial charge < -0.3 is 39.6 Å². The number of benzene rings is 2. The van der Waals surface area contributed by atoms with Crippen molar-refractivity contribution in [2.45, 2.75) is 26.5 Å². The van der Waals surface area contributed by atoms with E-state index >= 15 is 0 Å². The van der Waals surface area contributed by atoms with Gasteiger partial charge in [0.05, 0.1) is 78.7 Å². The third-order valence-corrected chi connectivity index (χ3v) is 7.84. The van der Waals surface area contributed by atoms with Crippen LogP contribution in [-0.4, -0.2) is 76.0 Å². The van der Waals surface area contributed by atoms with E-state index in [2.05, 4.69) is 40.8 Å². The first-order valence-corrected chi connectivity index (χ1v) is 15.5. The van der Waals surface area contributed by atoms with Gasteiger partial charge in [-0.3, -0.25) is 9.97 Å². The van der Waals surface area contributed by atoms with E-state index in [-0.39, 0.29) is 18.2 Å². The first-order valence-electron chi connectivity index (χ1n) is 15.5. The van der Waals surface area contributed by atoms with Crippen molar-refractivity contribution < 1.29 is 23.8 Å². The maximum Gasteiger partial charge on any atom is 0.342 e. The lowest BCUT2D eigenvalue weighted by atomic mass is 10.0. The fourth-order valence-electron chi connectivity index (χ4n) is 5.62. The molecule has 1 fully saturated rings. The number of amides is 2. The number of morpholine rings is 1. The summed E-state index contributed by atoms with van der Waals surface area (Å²) in [6.45, 7) is 6.18. The number of urea groups is 1. The number of aryl methyl sites for hydroxylation is 1. The number of esters is 1. The van der Waals surface area contributed by atoms with Crippen molar-refractivity contribution in [2.75, 3.05) is 48.9 Å². The third kappa shape index (κ3) is 6.83. The third-order valence-electron chi connectivity index (χ3n) is 7.84. The van der Waals surface area contributed by atoms with Crippen molar-refractivity contribution in [2.24, 2.45) is 7.05 Å². The first kappa shape index (κ1) is 32.2. The van der Waals surface area contributed by atoms with Gasteiger partial charge in [0, 0.05) is 50.2 Å². The van der Waals surface area contributed by atoms with Gasteiger partial charge in [-0.15, -0.1) is 0 Å². The number of anilines is 4. The Bertz CT molecular complexity index is 1920. The molecule has 0 aliphatic carbocycles. The topological polar surface area (TPSA) is 158 Å². The molecule has 14 nitrogen and oxygen atoms in total. The number of methoxy groups -OCH3 is 1. The minimum Gasteiger partial charge on any atom is -0.494 e. The minimum absolute atomic E-state index is 0.202. The van der Waals surface area contributed by atoms with Gasteiger partial charge in [-0.25, -0.2) is 19.6 Å². The molecule has 0 saturated carbocycles. The maximum atomic E-state index is 13.2. The van der Waals surface area contributed by atoms with E-state index in [1.54, 1.807) is 39.5 Å². The lowest BCUT2D eigenvalue weighted by Gasteiger charge is -2.31. The van der Waals surface area contributed by atoms with Crippen LogP contribution in [-0.2, 0) is 23.1 Å². The number of carbonyl (C=O) groups is 2. The summed E-state index contributed by atoms with van der Waals surface area (Å²) >= 11 is 0. The van der Waals surface area contributed by atoms with Crippen LogP contribution in [0.3, 0.4) is 0 Å². The zero-order chi connectivity index (χ0) is 33.6. The van der Waals surface area contributed by atoms with E-state index in [9.17, 15) is 9.59 Å². The Morgan fingerprint density at radius 3 is 2.58 bits per heavy atom. The molecular formula is C34H37N9O5. The quantitative estimate of drug-likeness (QED) is 0.176. The highest BCUT2D eigenvalue weighted by atomic mass is 16.5. The van der Waals surface area contributed by atoms with Gasteiger partial charge >= 0.3 is 12.0 Å². The van der Waals surface area contributed by atoms with Gasteiger partial charge in [-0.2, -0.15) is 0 Å². The molecule has 248 valence electrons. The molecule has 4 heterocycles. The lowest BCUT2D eigenvalue weighted by Crippen LogP contribution is -2.37. The fourth-order valence-corrected chi connectivity index (χ4v) is 5.62. The number of hydrogen-bond acceptors (Lipinski definition) is 11. The Balaban J connectivity index is 1.43. The second kappa shape index (κ2) is 14.3. The summed E-state index contributed by atoms with van der Waals surface area (Å²) in [6.07, 6.45) is 7.31. The predicted octanol–water partition coefficient (Wildman–Crippen LogP) is 4.90. The number of aromatic nitrogens is 5. The van der Waals surface area contributed by atoms with Crippen LogP contribution in [0.2, 0.25) is 0 Å². The van der Waals surface area contributed by atoms with Gasteiger partial charge in [0.15, 0.2) is 0 Å². The van der Waals surface area contributed by atoms with E-state index in [4.69, 9.17) is 14.2 Å². The SMILES string of the molecule is COc1cc(N2CCOCC2)c(NC(=O)NCc2cnccn2)cc1Nc1c(-c2ncncc2C(=O)OC(C)C)c2ccccc2n1C. The summed E-state index contributed by atoms with van der Waals surface area (Å²) in [5.74, 6) is 0.662. The van der Waals surface area contributed by atoms with E-state index in [0.29, 0.717) is 66.2 Å². The number of hydrogen-bond donors (Lipinski definition) is 3. The number of carbonyl (C=O) groups excluding carboxylic acids is 2. The minimum atomic E-state index is -0.522. The highest BCUT2D eigenvalue weighted by Crippen LogP contribution is 2.44. The molecule has 0 atom stereocenters. The summed E-state index contributed by atoms with van der Waals surface area (Å²) < 4.78 is 19.0. The van der Waals surface area contributed by atoms with Crippen LogP contribution < -0.4 is 25.6 Å². The predicted molar refractivity (Wildman–Crippen MR) is 182 cm³/mol. The lowest BCUT2D eigenvalue weighted by molar-refractivity contribution is 0.0378. The Morgan fingerprint density at radius 2 is 1.83 bits per heavy atom. The Morgan fingerprint density at radius 1 is 1.02 bits per heavy atom. The van der Waals surface area contributed by atoms with Crippen LogP contribution in [0.15, 0.2) is 67.5 Å². The monoisotopic (exact) mass is 651 g/mol. The molecule has 1 aliphatic heterocycles. The second-order valence-corrected chi connectivity index (χ2v) is 11.3. The zero-order valence-corrected chi connectivity index (χ0v) is 27.2. The summed E-state index contributed by atoms with van der Waals surface area (Å²) in [4.78, 5) is 45.6. The molecule has 14 heteroatoms. The Kier molecular flexibility index (Phi) is 9.62. The molecule has 3 N–H and O–H groups in total. The molecule has 0 radical (unpaired) electrons. The number of fused-ring (bicyclic) bond motifs is 1. The molecule has 0 unspecified atom stereocenters. The average molecular weight is 652 g/mol. The standard InChI is InChI=1S/C34H37N9O5/c1-21(2)48-33(44)24-19-36-20-39-31(24)30-23-7-5-6-8-27(23)42(3)32(30)40-26-15-25(41-34(45)38-18-22-17-35-9-10-37-22)28(16-29(26)46-4)43-11-13-47-14-12-43/h5-10,15-17,19-21,40H,11-14,18H2,1-4H3,(H2,38,41,45). The molecule has 3 aromatic heterocycles. The summed E-state index contributed by atoms with van der Waals surface area (Å²) in [6, 6.07) is 11.2. The van der Waals surface area contributed by atoms with Crippen molar-refractivity contribution in [3.63, 3.8) is 0 Å². The van der Waals surface area contributed by atoms with Crippen LogP contribution >= 0.6 is 0 Å². The van der Waals surface area contributed by atoms with Gasteiger partial charge in [-0.1, -0.05) is 18.2 Å². The number of rotatable bonds is 10. The molecule has 0 spiro atoms. The van der Waals surface area contributed by atoms with Crippen molar-refractivity contribution in [3.8, 4) is 17.0 Å². The Hall–Kier alpha value is -5.76. The maximum absolute atomic E-state index is 13.2. The van der Waals surface area contributed by atoms with Crippen molar-refractivity contribution >= 4 is 45.8 Å². The molecule has 6 rings (SSSR count). The molecule has 48 heavy (non-hydrogen) atoms. The van der Waals surface area contributed by atoms with Crippen LogP contribution in [0.25, 0.3) is 22.2 Å². The largest absolute Gasteiger partial charge is 0.494 e. The summed E-state index contributed by atoms with van der Waals surface area (Å²) in [5.41, 5.74) is 4.78. The van der Waals surface area contributed by atoms with Crippen LogP contribution in [0.1, 0.15) is 29.9 Å². The van der Waals surface area contributed by atoms with Gasteiger partial charge in [0.1, 0.15) is 23.5 Å². The molecular weight excluding hydrogens is 614 g/mol. The average Bonchev–Trinajstić information content (AvgIpc) is 3.38. The van der Waals surface area contributed by atoms with E-state index in [1.807, 2.05) is 48.0 Å². The van der Waals surface area contributed by atoms with Crippen molar-refractivity contribution in [3.05, 3.63) is 78.8 Å². The number of ether oxygens (including phenoxy) is 3. The first-order chi connectivity index (χ1) is 23.3. The van der Waals surface area contributed by atoms with E-state index in [1.165, 1.54) is 12.5 Å². The summed E-state index contributed by atoms with van der Waals surface area (Å²) in [7, 11) is 3.52. The van der Waals surface area contributed by atoms with Crippen LogP contribution in [0, 0.1) is 0 Å². The van der Waals surface area contributed by atoms with Crippen molar-refractivity contribution in [1.82, 2.24) is 29.8 Å². The highest BCUT2D eigenvalue weighted by molar-refractivity contribution is 6.08. The molecule has 1 aliphatic rings. The summed E-state index contributed by atoms with van der Waals surface area (Å²) in [5, 5.41) is 10.3. The molecule has 2 amide bonds. The zero-order valence-electron chi connectivity index (χ0n) is 27.2. The molecule has 2 aromatic carbocycles. The second-order valence-electron chi connectivity index (χ2n) is 11.3. The molecule has 0 bridgehead atoms. The molecule has 1 saturated heterocycles. The van der Waals surface area contributed by atoms with Gasteiger partial charge in [-0.05, 0) is 26.0 Å². The number of para-hydroxylation sites is 1. The van der Waals surface area contributed by atoms with Gasteiger partial charge in [0.25, 0.3) is 0 Å². The van der Waals surface area contributed by atoms with Crippen LogP contribution in [0.4, 0.5) is 27.7 Å². The number of nitrogens with zero attached hydrogens (tertiary/aromatic N) is 6. The normalized spacial score (nSPS) is 13.0. The smallest absolute Gasteiger partial charge is 0.342 e. The fraction of sp³-hybridized carbons (Fsp3) is 0.294. The van der Waals surface area contributed by atoms with Crippen molar-refractivity contribution in [1.29, 1.82) is 0 Å². The highest BCUT2D eigenvalue weighted by Gasteiger charge is 2.26. The van der Waals surface area contributed by atoms with Gasteiger partial charge in [0.2, 0.25) is 0 Å². The Labute approximate surface area is 277 Å². The number of nitrogens with one attached hydrogen (secondary N) is 3. The van der Waals surface area contributed by atoms with E-state index < -0.39 is 12.0 Å². The van der Waals surface area contributed by atoms with Crippen LogP contribution in [0.5, 0.6) is 5.75 Å². The van der Waals surface area contributed by atoms with E-state index in [0.717, 1.165) is 16.6 Å².